The van der Waals surface area contributed by atoms with Gasteiger partial charge >= 0.3 is 0 Å². The fourth-order valence-electron chi connectivity index (χ4n) is 2.47. The Bertz CT molecular complexity index is 971. The van der Waals surface area contributed by atoms with Gasteiger partial charge in [0, 0.05) is 18.1 Å². The highest BCUT2D eigenvalue weighted by Crippen LogP contribution is 2.26. The molecule has 0 radical (unpaired) electrons. The third kappa shape index (κ3) is 1.82. The molecule has 22 heavy (non-hydrogen) atoms. The van der Waals surface area contributed by atoms with Gasteiger partial charge in [-0.05, 0) is 19.1 Å². The number of hydrogen-bond donors (Lipinski definition) is 0. The number of benzene rings is 1. The standard InChI is InChI=1S/C15H14N6O/c1-3-20-8-10(7-17-20)14-18-15-11-5-4-6-12(22-2)13(11)16-9-21(15)19-14/h4-9H,3H2,1-2H3. The Hall–Kier alpha value is -2.96. The number of methoxy groups -OCH3 is 1. The highest BCUT2D eigenvalue weighted by molar-refractivity contribution is 5.95. The number of hydrogen-bond acceptors (Lipinski definition) is 5. The zero-order chi connectivity index (χ0) is 15.1. The molecule has 3 heterocycles. The summed E-state index contributed by atoms with van der Waals surface area (Å²) in [6, 6.07) is 5.77. The molecule has 3 aromatic heterocycles. The van der Waals surface area contributed by atoms with Crippen LogP contribution in [0.25, 0.3) is 27.9 Å². The molecular formula is C15H14N6O. The number of nitrogens with zero attached hydrogens (tertiary/aromatic N) is 6. The molecule has 0 spiro atoms. The van der Waals surface area contributed by atoms with E-state index < -0.39 is 0 Å². The highest BCUT2D eigenvalue weighted by atomic mass is 16.5. The average molecular weight is 294 g/mol. The fourth-order valence-corrected chi connectivity index (χ4v) is 2.47. The van der Waals surface area contributed by atoms with Crippen molar-refractivity contribution in [3.05, 3.63) is 36.9 Å². The predicted molar refractivity (Wildman–Crippen MR) is 81.7 cm³/mol. The molecule has 0 aliphatic carbocycles. The Morgan fingerprint density at radius 1 is 1.27 bits per heavy atom. The minimum absolute atomic E-state index is 0.636. The smallest absolute Gasteiger partial charge is 0.185 e. The van der Waals surface area contributed by atoms with Crippen LogP contribution in [0.1, 0.15) is 6.92 Å². The van der Waals surface area contributed by atoms with Crippen molar-refractivity contribution in [1.29, 1.82) is 0 Å². The van der Waals surface area contributed by atoms with Gasteiger partial charge in [0.25, 0.3) is 0 Å². The van der Waals surface area contributed by atoms with E-state index >= 15 is 0 Å². The number of fused-ring (bicyclic) bond motifs is 3. The molecule has 0 N–H and O–H groups in total. The summed E-state index contributed by atoms with van der Waals surface area (Å²) in [6.45, 7) is 2.85. The van der Waals surface area contributed by atoms with Crippen LogP contribution in [-0.4, -0.2) is 36.5 Å². The van der Waals surface area contributed by atoms with Gasteiger partial charge < -0.3 is 4.74 Å². The van der Waals surface area contributed by atoms with Gasteiger partial charge in [-0.2, -0.15) is 5.10 Å². The Balaban J connectivity index is 1.95. The van der Waals surface area contributed by atoms with Crippen LogP contribution >= 0.6 is 0 Å². The molecule has 0 aliphatic rings. The van der Waals surface area contributed by atoms with Crippen LogP contribution in [0.3, 0.4) is 0 Å². The van der Waals surface area contributed by atoms with Gasteiger partial charge in [-0.15, -0.1) is 5.10 Å². The first kappa shape index (κ1) is 12.8. The van der Waals surface area contributed by atoms with Crippen molar-refractivity contribution in [1.82, 2.24) is 29.4 Å². The van der Waals surface area contributed by atoms with Crippen LogP contribution in [0.5, 0.6) is 5.75 Å². The Morgan fingerprint density at radius 2 is 2.18 bits per heavy atom. The lowest BCUT2D eigenvalue weighted by Crippen LogP contribution is -1.93. The third-order valence-corrected chi connectivity index (χ3v) is 3.60. The van der Waals surface area contributed by atoms with Crippen molar-refractivity contribution in [2.24, 2.45) is 0 Å². The second-order valence-electron chi connectivity index (χ2n) is 4.89. The number of rotatable bonds is 3. The molecule has 0 atom stereocenters. The van der Waals surface area contributed by atoms with Crippen LogP contribution in [-0.2, 0) is 6.54 Å². The lowest BCUT2D eigenvalue weighted by Gasteiger charge is -2.03. The number of ether oxygens (including phenoxy) is 1. The summed E-state index contributed by atoms with van der Waals surface area (Å²) >= 11 is 0. The van der Waals surface area contributed by atoms with E-state index in [0.717, 1.165) is 34.4 Å². The van der Waals surface area contributed by atoms with E-state index in [9.17, 15) is 0 Å². The number of aryl methyl sites for hydroxylation is 1. The van der Waals surface area contributed by atoms with Gasteiger partial charge in [0.2, 0.25) is 0 Å². The van der Waals surface area contributed by atoms with E-state index in [4.69, 9.17) is 4.74 Å². The lowest BCUT2D eigenvalue weighted by molar-refractivity contribution is 0.419. The van der Waals surface area contributed by atoms with E-state index in [2.05, 4.69) is 20.2 Å². The summed E-state index contributed by atoms with van der Waals surface area (Å²) in [5, 5.41) is 9.65. The normalized spacial score (nSPS) is 11.4. The summed E-state index contributed by atoms with van der Waals surface area (Å²) in [4.78, 5) is 9.06. The van der Waals surface area contributed by atoms with Crippen molar-refractivity contribution in [3.8, 4) is 17.1 Å². The van der Waals surface area contributed by atoms with E-state index in [0.29, 0.717) is 5.82 Å². The summed E-state index contributed by atoms with van der Waals surface area (Å²) in [5.41, 5.74) is 2.42. The maximum Gasteiger partial charge on any atom is 0.185 e. The van der Waals surface area contributed by atoms with Crippen molar-refractivity contribution in [3.63, 3.8) is 0 Å². The summed E-state index contributed by atoms with van der Waals surface area (Å²) in [7, 11) is 1.63. The first-order valence-corrected chi connectivity index (χ1v) is 7.01. The topological polar surface area (TPSA) is 70.1 Å². The van der Waals surface area contributed by atoms with E-state index in [1.807, 2.05) is 36.0 Å². The minimum Gasteiger partial charge on any atom is -0.494 e. The second-order valence-corrected chi connectivity index (χ2v) is 4.89. The van der Waals surface area contributed by atoms with Crippen molar-refractivity contribution >= 4 is 16.6 Å². The fraction of sp³-hybridized carbons (Fsp3) is 0.200. The number of para-hydroxylation sites is 1. The minimum atomic E-state index is 0.636. The SMILES string of the molecule is CCn1cc(-c2nc3c4cccc(OC)c4ncn3n2)cn1. The maximum atomic E-state index is 5.35. The average Bonchev–Trinajstić information content (AvgIpc) is 3.20. The van der Waals surface area contributed by atoms with Crippen molar-refractivity contribution < 1.29 is 4.74 Å². The molecule has 110 valence electrons. The summed E-state index contributed by atoms with van der Waals surface area (Å²) in [5.74, 6) is 1.36. The van der Waals surface area contributed by atoms with Gasteiger partial charge in [0.15, 0.2) is 11.5 Å². The van der Waals surface area contributed by atoms with Crippen molar-refractivity contribution in [2.45, 2.75) is 13.5 Å². The van der Waals surface area contributed by atoms with Crippen LogP contribution in [0.15, 0.2) is 36.9 Å². The molecule has 0 aliphatic heterocycles. The van der Waals surface area contributed by atoms with Gasteiger partial charge in [-0.3, -0.25) is 4.68 Å². The van der Waals surface area contributed by atoms with Crippen LogP contribution in [0.2, 0.25) is 0 Å². The Kier molecular flexibility index (Phi) is 2.78. The van der Waals surface area contributed by atoms with Crippen LogP contribution < -0.4 is 4.74 Å². The predicted octanol–water partition coefficient (Wildman–Crippen LogP) is 2.17. The Morgan fingerprint density at radius 3 is 2.95 bits per heavy atom. The van der Waals surface area contributed by atoms with E-state index in [1.54, 1.807) is 24.1 Å². The van der Waals surface area contributed by atoms with Gasteiger partial charge in [0.05, 0.1) is 18.9 Å². The van der Waals surface area contributed by atoms with Crippen LogP contribution in [0.4, 0.5) is 0 Å². The maximum absolute atomic E-state index is 5.35. The van der Waals surface area contributed by atoms with Crippen LogP contribution in [0, 0.1) is 0 Å². The quantitative estimate of drug-likeness (QED) is 0.579. The molecule has 4 aromatic rings. The second kappa shape index (κ2) is 4.80. The molecule has 0 fully saturated rings. The van der Waals surface area contributed by atoms with Gasteiger partial charge in [-0.25, -0.2) is 14.5 Å². The lowest BCUT2D eigenvalue weighted by atomic mass is 10.2. The highest BCUT2D eigenvalue weighted by Gasteiger charge is 2.13. The summed E-state index contributed by atoms with van der Waals surface area (Å²) in [6.07, 6.45) is 5.36. The van der Waals surface area contributed by atoms with Crippen molar-refractivity contribution in [2.75, 3.05) is 7.11 Å². The molecule has 0 saturated carbocycles. The zero-order valence-corrected chi connectivity index (χ0v) is 12.3. The molecule has 4 rings (SSSR count). The molecule has 0 unspecified atom stereocenters. The molecule has 0 bridgehead atoms. The number of aromatic nitrogens is 6. The van der Waals surface area contributed by atoms with Gasteiger partial charge in [-0.1, -0.05) is 6.07 Å². The third-order valence-electron chi connectivity index (χ3n) is 3.60. The van der Waals surface area contributed by atoms with E-state index in [1.165, 1.54) is 0 Å². The van der Waals surface area contributed by atoms with E-state index in [-0.39, 0.29) is 0 Å². The molecule has 1 aromatic carbocycles. The summed E-state index contributed by atoms with van der Waals surface area (Å²) < 4.78 is 8.88. The largest absolute Gasteiger partial charge is 0.494 e. The molecule has 7 nitrogen and oxygen atoms in total. The molecule has 0 amide bonds. The Labute approximate surface area is 126 Å². The zero-order valence-electron chi connectivity index (χ0n) is 12.3. The first-order chi connectivity index (χ1) is 10.8. The monoisotopic (exact) mass is 294 g/mol. The van der Waals surface area contributed by atoms with Gasteiger partial charge in [0.1, 0.15) is 17.6 Å². The molecule has 7 heteroatoms. The first-order valence-electron chi connectivity index (χ1n) is 7.01. The molecular weight excluding hydrogens is 280 g/mol. The molecule has 0 saturated heterocycles.